The van der Waals surface area contributed by atoms with Gasteiger partial charge in [-0.15, -0.1) is 5.10 Å². The van der Waals surface area contributed by atoms with E-state index in [1.807, 2.05) is 51.1 Å². The summed E-state index contributed by atoms with van der Waals surface area (Å²) in [4.78, 5) is 24.4. The number of aromatic nitrogens is 3. The summed E-state index contributed by atoms with van der Waals surface area (Å²) in [6.07, 6.45) is 1.48. The van der Waals surface area contributed by atoms with Crippen LogP contribution in [0.4, 0.5) is 0 Å². The first-order valence-electron chi connectivity index (χ1n) is 10.1. The number of carbonyl (C=O) groups is 1. The van der Waals surface area contributed by atoms with Crippen LogP contribution in [-0.4, -0.2) is 25.4 Å². The lowest BCUT2D eigenvalue weighted by atomic mass is 9.99. The second-order valence-corrected chi connectivity index (χ2v) is 7.10. The van der Waals surface area contributed by atoms with E-state index in [1.165, 1.54) is 4.68 Å². The van der Waals surface area contributed by atoms with Crippen LogP contribution in [0.1, 0.15) is 61.4 Å². The van der Waals surface area contributed by atoms with Crippen LogP contribution in [0.5, 0.6) is 0 Å². The van der Waals surface area contributed by atoms with E-state index in [0.29, 0.717) is 24.4 Å². The van der Waals surface area contributed by atoms with Crippen molar-refractivity contribution < 1.29 is 9.90 Å². The Morgan fingerprint density at radius 1 is 1.13 bits per heavy atom. The van der Waals surface area contributed by atoms with Crippen LogP contribution < -0.4 is 5.69 Å². The molecule has 1 unspecified atom stereocenters. The Bertz CT molecular complexity index is 1160. The van der Waals surface area contributed by atoms with Crippen molar-refractivity contribution in [2.75, 3.05) is 0 Å². The van der Waals surface area contributed by atoms with Crippen LogP contribution >= 0.6 is 0 Å². The highest BCUT2D eigenvalue weighted by molar-refractivity contribution is 5.95. The molecule has 0 bridgehead atoms. The van der Waals surface area contributed by atoms with Crippen LogP contribution in [0.2, 0.25) is 0 Å². The molecule has 6 heteroatoms. The average Bonchev–Trinajstić information content (AvgIpc) is 3.07. The summed E-state index contributed by atoms with van der Waals surface area (Å²) >= 11 is 0. The summed E-state index contributed by atoms with van der Waals surface area (Å²) in [5, 5.41) is 13.9. The van der Waals surface area contributed by atoms with E-state index < -0.39 is 5.97 Å². The molecule has 2 aromatic carbocycles. The first kappa shape index (κ1) is 21.1. The quantitative estimate of drug-likeness (QED) is 0.626. The van der Waals surface area contributed by atoms with Gasteiger partial charge in [0.05, 0.1) is 18.2 Å². The lowest BCUT2D eigenvalue weighted by Crippen LogP contribution is -2.27. The van der Waals surface area contributed by atoms with Gasteiger partial charge in [-0.05, 0) is 42.0 Å². The van der Waals surface area contributed by atoms with Crippen molar-refractivity contribution in [2.24, 2.45) is 0 Å². The maximum atomic E-state index is 12.9. The summed E-state index contributed by atoms with van der Waals surface area (Å²) in [5.41, 5.74) is 2.47. The summed E-state index contributed by atoms with van der Waals surface area (Å²) in [6, 6.07) is 14.5. The summed E-state index contributed by atoms with van der Waals surface area (Å²) in [7, 11) is 0. The molecular formula is C24H25N3O3. The van der Waals surface area contributed by atoms with Crippen LogP contribution in [0.3, 0.4) is 0 Å². The number of hydrogen-bond donors (Lipinski definition) is 1. The molecule has 0 amide bonds. The number of hydrogen-bond acceptors (Lipinski definition) is 3. The van der Waals surface area contributed by atoms with Crippen molar-refractivity contribution in [3.05, 3.63) is 76.0 Å². The maximum Gasteiger partial charge on any atom is 0.347 e. The van der Waals surface area contributed by atoms with Crippen LogP contribution in [0.15, 0.2) is 53.3 Å². The van der Waals surface area contributed by atoms with Crippen LogP contribution in [0, 0.1) is 11.8 Å². The van der Waals surface area contributed by atoms with Gasteiger partial charge in [-0.1, -0.05) is 62.2 Å². The normalized spacial score (nSPS) is 11.6. The Kier molecular flexibility index (Phi) is 6.53. The maximum absolute atomic E-state index is 12.9. The van der Waals surface area contributed by atoms with Crippen molar-refractivity contribution >= 4 is 5.97 Å². The van der Waals surface area contributed by atoms with Crippen LogP contribution in [0.25, 0.3) is 11.1 Å². The number of rotatable bonds is 6. The molecule has 3 aromatic rings. The van der Waals surface area contributed by atoms with E-state index in [9.17, 15) is 14.7 Å². The molecule has 0 saturated carbocycles. The first-order chi connectivity index (χ1) is 14.5. The number of aromatic carboxylic acids is 1. The third-order valence-electron chi connectivity index (χ3n) is 5.03. The molecule has 30 heavy (non-hydrogen) atoms. The number of benzene rings is 2. The lowest BCUT2D eigenvalue weighted by Gasteiger charge is -2.08. The van der Waals surface area contributed by atoms with Gasteiger partial charge in [0, 0.05) is 6.42 Å². The van der Waals surface area contributed by atoms with Gasteiger partial charge >= 0.3 is 11.7 Å². The molecule has 6 nitrogen and oxygen atoms in total. The fourth-order valence-electron chi connectivity index (χ4n) is 3.17. The van der Waals surface area contributed by atoms with Gasteiger partial charge < -0.3 is 5.11 Å². The molecule has 0 spiro atoms. The third kappa shape index (κ3) is 4.36. The molecule has 1 aromatic heterocycles. The van der Waals surface area contributed by atoms with E-state index in [2.05, 4.69) is 16.9 Å². The van der Waals surface area contributed by atoms with Gasteiger partial charge in [-0.2, -0.15) is 0 Å². The molecule has 154 valence electrons. The zero-order valence-corrected chi connectivity index (χ0v) is 17.4. The fraction of sp³-hybridized carbons (Fsp3) is 0.292. The van der Waals surface area contributed by atoms with Gasteiger partial charge in [0.25, 0.3) is 0 Å². The predicted molar refractivity (Wildman–Crippen MR) is 117 cm³/mol. The minimum Gasteiger partial charge on any atom is -0.478 e. The first-order valence-corrected chi connectivity index (χ1v) is 10.1. The minimum absolute atomic E-state index is 0.00387. The van der Waals surface area contributed by atoms with Gasteiger partial charge in [0.2, 0.25) is 5.82 Å². The van der Waals surface area contributed by atoms with E-state index in [0.717, 1.165) is 17.5 Å². The van der Waals surface area contributed by atoms with Gasteiger partial charge in [-0.3, -0.25) is 4.57 Å². The Morgan fingerprint density at radius 3 is 2.47 bits per heavy atom. The summed E-state index contributed by atoms with van der Waals surface area (Å²) < 4.78 is 3.09. The Balaban J connectivity index is 1.95. The van der Waals surface area contributed by atoms with Crippen molar-refractivity contribution in [3.63, 3.8) is 0 Å². The summed E-state index contributed by atoms with van der Waals surface area (Å²) in [5.74, 6) is 5.49. The largest absolute Gasteiger partial charge is 0.478 e. The standard InChI is InChI=1S/C24H25N3O3/c1-4-6-11-22-25-27(17(3)5-2)24(30)26(22)16-18-12-14-19(15-13-18)20-9-7-8-10-21(20)23(28)29/h7-10,12-15,17H,4-5,16H2,1-3H3,(H,28,29). The highest BCUT2D eigenvalue weighted by atomic mass is 16.4. The second kappa shape index (κ2) is 9.27. The molecule has 0 aliphatic heterocycles. The number of nitrogens with zero attached hydrogens (tertiary/aromatic N) is 3. The smallest absolute Gasteiger partial charge is 0.347 e. The zero-order chi connectivity index (χ0) is 21.7. The fourth-order valence-corrected chi connectivity index (χ4v) is 3.17. The molecule has 1 N–H and O–H groups in total. The number of carboxylic acid groups (broad SMARTS) is 1. The molecular weight excluding hydrogens is 378 g/mol. The third-order valence-corrected chi connectivity index (χ3v) is 5.03. The van der Waals surface area contributed by atoms with Crippen molar-refractivity contribution in [2.45, 2.75) is 46.2 Å². The summed E-state index contributed by atoms with van der Waals surface area (Å²) in [6.45, 7) is 6.28. The molecule has 0 aliphatic rings. The predicted octanol–water partition coefficient (Wildman–Crippen LogP) is 4.19. The van der Waals surface area contributed by atoms with Crippen molar-refractivity contribution in [1.29, 1.82) is 0 Å². The Morgan fingerprint density at radius 2 is 1.83 bits per heavy atom. The molecule has 0 radical (unpaired) electrons. The van der Waals surface area contributed by atoms with Gasteiger partial charge in [-0.25, -0.2) is 14.3 Å². The monoisotopic (exact) mass is 403 g/mol. The lowest BCUT2D eigenvalue weighted by molar-refractivity contribution is 0.0697. The molecule has 3 rings (SSSR count). The minimum atomic E-state index is -0.960. The zero-order valence-electron chi connectivity index (χ0n) is 17.4. The number of carboxylic acids is 1. The SMILES string of the molecule is CCC#Cc1nn(C(C)CC)c(=O)n1Cc1ccc(-c2ccccc2C(=O)O)cc1. The molecule has 0 saturated heterocycles. The van der Waals surface area contributed by atoms with E-state index in [-0.39, 0.29) is 17.3 Å². The Labute approximate surface area is 175 Å². The average molecular weight is 403 g/mol. The van der Waals surface area contributed by atoms with Crippen molar-refractivity contribution in [1.82, 2.24) is 14.3 Å². The second-order valence-electron chi connectivity index (χ2n) is 7.10. The van der Waals surface area contributed by atoms with E-state index >= 15 is 0 Å². The topological polar surface area (TPSA) is 77.1 Å². The van der Waals surface area contributed by atoms with E-state index in [4.69, 9.17) is 0 Å². The Hall–Kier alpha value is -3.59. The highest BCUT2D eigenvalue weighted by Gasteiger charge is 2.16. The van der Waals surface area contributed by atoms with Crippen LogP contribution in [-0.2, 0) is 6.54 Å². The molecule has 1 heterocycles. The van der Waals surface area contributed by atoms with E-state index in [1.54, 1.807) is 22.8 Å². The molecule has 0 fully saturated rings. The molecule has 1 atom stereocenters. The highest BCUT2D eigenvalue weighted by Crippen LogP contribution is 2.24. The molecule has 0 aliphatic carbocycles. The van der Waals surface area contributed by atoms with Crippen molar-refractivity contribution in [3.8, 4) is 23.0 Å². The van der Waals surface area contributed by atoms with Gasteiger partial charge in [0.15, 0.2) is 0 Å². The van der Waals surface area contributed by atoms with Gasteiger partial charge in [0.1, 0.15) is 0 Å².